The first-order chi connectivity index (χ1) is 10.3. The van der Waals surface area contributed by atoms with Gasteiger partial charge in [0.15, 0.2) is 5.78 Å². The molecule has 1 fully saturated rings. The summed E-state index contributed by atoms with van der Waals surface area (Å²) in [5, 5.41) is 9.63. The summed E-state index contributed by atoms with van der Waals surface area (Å²) in [7, 11) is 0. The summed E-state index contributed by atoms with van der Waals surface area (Å²) in [6.45, 7) is 5.51. The topological polar surface area (TPSA) is 57.6 Å². The predicted molar refractivity (Wildman–Crippen MR) is 80.5 cm³/mol. The van der Waals surface area contributed by atoms with E-state index >= 15 is 0 Å². The molecule has 1 aromatic carbocycles. The summed E-state index contributed by atoms with van der Waals surface area (Å²) in [5.74, 6) is -1.15. The van der Waals surface area contributed by atoms with Gasteiger partial charge in [0.2, 0.25) is 0 Å². The second kappa shape index (κ2) is 6.30. The van der Waals surface area contributed by atoms with Gasteiger partial charge in [-0.2, -0.15) is 0 Å². The number of nitrogens with zero attached hydrogens (tertiary/aromatic N) is 1. The van der Waals surface area contributed by atoms with Gasteiger partial charge in [0.1, 0.15) is 17.1 Å². The van der Waals surface area contributed by atoms with Crippen LogP contribution in [0, 0.1) is 11.7 Å². The van der Waals surface area contributed by atoms with Gasteiger partial charge in [0.25, 0.3) is 5.91 Å². The van der Waals surface area contributed by atoms with E-state index in [1.807, 2.05) is 13.8 Å². The first kappa shape index (κ1) is 16.2. The number of allylic oxidation sites excluding steroid dienone is 1. The molecule has 1 N–H and O–H groups in total. The number of hydrogen-bond donors (Lipinski definition) is 1. The Bertz CT molecular complexity index is 615. The lowest BCUT2D eigenvalue weighted by atomic mass is 9.99. The number of rotatable bonds is 4. The molecule has 118 valence electrons. The Morgan fingerprint density at radius 3 is 2.36 bits per heavy atom. The van der Waals surface area contributed by atoms with Crippen LogP contribution in [0.4, 0.5) is 4.39 Å². The Kier molecular flexibility index (Phi) is 4.64. The van der Waals surface area contributed by atoms with Crippen LogP contribution in [-0.2, 0) is 16.1 Å². The number of carbonyl (C=O) groups excluding carboxylic acids is 2. The monoisotopic (exact) mass is 305 g/mol. The van der Waals surface area contributed by atoms with Crippen LogP contribution in [-0.4, -0.2) is 27.7 Å². The van der Waals surface area contributed by atoms with Crippen LogP contribution in [0.5, 0.6) is 0 Å². The zero-order valence-electron chi connectivity index (χ0n) is 13.0. The molecule has 1 amide bonds. The molecule has 0 aromatic heterocycles. The van der Waals surface area contributed by atoms with Crippen molar-refractivity contribution in [3.05, 3.63) is 47.0 Å². The maximum atomic E-state index is 13.0. The van der Waals surface area contributed by atoms with Gasteiger partial charge < -0.3 is 10.0 Å². The number of amides is 1. The number of halogens is 1. The number of Topliss-reactive ketones (excluding diaryl/α,β-unsaturated/α-hetero) is 1. The maximum absolute atomic E-state index is 13.0. The molecular weight excluding hydrogens is 285 g/mol. The molecule has 0 aliphatic carbocycles. The molecule has 0 radical (unpaired) electrons. The van der Waals surface area contributed by atoms with E-state index in [9.17, 15) is 19.1 Å². The van der Waals surface area contributed by atoms with Crippen LogP contribution < -0.4 is 0 Å². The molecule has 1 atom stereocenters. The van der Waals surface area contributed by atoms with Gasteiger partial charge in [0, 0.05) is 6.54 Å². The molecule has 1 aliphatic heterocycles. The van der Waals surface area contributed by atoms with Crippen molar-refractivity contribution in [3.63, 3.8) is 0 Å². The van der Waals surface area contributed by atoms with E-state index in [4.69, 9.17) is 0 Å². The molecule has 0 unspecified atom stereocenters. The second-order valence-electron chi connectivity index (χ2n) is 6.03. The normalized spacial score (nSPS) is 21.0. The molecule has 1 saturated heterocycles. The Morgan fingerprint density at radius 2 is 1.86 bits per heavy atom. The van der Waals surface area contributed by atoms with Gasteiger partial charge >= 0.3 is 0 Å². The summed E-state index contributed by atoms with van der Waals surface area (Å²) < 4.78 is 13.0. The minimum Gasteiger partial charge on any atom is -0.512 e. The van der Waals surface area contributed by atoms with E-state index in [0.717, 1.165) is 5.56 Å². The smallest absolute Gasteiger partial charge is 0.261 e. The highest BCUT2D eigenvalue weighted by Crippen LogP contribution is 2.28. The summed E-state index contributed by atoms with van der Waals surface area (Å²) in [6.07, 6.45) is 0.530. The van der Waals surface area contributed by atoms with Crippen molar-refractivity contribution in [1.82, 2.24) is 4.90 Å². The van der Waals surface area contributed by atoms with Crippen molar-refractivity contribution in [2.75, 3.05) is 0 Å². The first-order valence-corrected chi connectivity index (χ1v) is 7.30. The van der Waals surface area contributed by atoms with Crippen LogP contribution in [0.2, 0.25) is 0 Å². The molecule has 4 nitrogen and oxygen atoms in total. The molecular formula is C17H20FNO3. The lowest BCUT2D eigenvalue weighted by Gasteiger charge is -2.24. The van der Waals surface area contributed by atoms with Crippen molar-refractivity contribution in [2.24, 2.45) is 5.92 Å². The SMILES string of the molecule is C/C(O)=C1/C(=O)[C@@H](CC(C)C)N(Cc2ccc(F)cc2)C1=O. The molecule has 1 heterocycles. The minimum atomic E-state index is -0.574. The van der Waals surface area contributed by atoms with Crippen molar-refractivity contribution >= 4 is 11.7 Å². The summed E-state index contributed by atoms with van der Waals surface area (Å²) in [6, 6.07) is 5.25. The van der Waals surface area contributed by atoms with E-state index in [1.165, 1.54) is 24.0 Å². The molecule has 1 aliphatic rings. The second-order valence-corrected chi connectivity index (χ2v) is 6.03. The maximum Gasteiger partial charge on any atom is 0.261 e. The summed E-state index contributed by atoms with van der Waals surface area (Å²) >= 11 is 0. The van der Waals surface area contributed by atoms with Crippen LogP contribution >= 0.6 is 0 Å². The van der Waals surface area contributed by atoms with E-state index in [2.05, 4.69) is 0 Å². The number of likely N-dealkylation sites (tertiary alicyclic amines) is 1. The molecule has 22 heavy (non-hydrogen) atoms. The standard InChI is InChI=1S/C17H20FNO3/c1-10(2)8-14-16(21)15(11(3)20)17(22)19(14)9-12-4-6-13(18)7-5-12/h4-7,10,14,20H,8-9H2,1-3H3/b15-11+/t14-/m1/s1. The Morgan fingerprint density at radius 1 is 1.27 bits per heavy atom. The lowest BCUT2D eigenvalue weighted by Crippen LogP contribution is -2.36. The molecule has 5 heteroatoms. The van der Waals surface area contributed by atoms with Crippen molar-refractivity contribution < 1.29 is 19.1 Å². The molecule has 2 rings (SSSR count). The number of carbonyl (C=O) groups is 2. The summed E-state index contributed by atoms with van der Waals surface area (Å²) in [4.78, 5) is 26.3. The highest BCUT2D eigenvalue weighted by atomic mass is 19.1. The van der Waals surface area contributed by atoms with Gasteiger partial charge in [-0.05, 0) is 37.0 Å². The third kappa shape index (κ3) is 3.18. The van der Waals surface area contributed by atoms with E-state index in [1.54, 1.807) is 12.1 Å². The largest absolute Gasteiger partial charge is 0.512 e. The minimum absolute atomic E-state index is 0.132. The zero-order valence-corrected chi connectivity index (χ0v) is 13.0. The van der Waals surface area contributed by atoms with Crippen molar-refractivity contribution in [1.29, 1.82) is 0 Å². The fourth-order valence-electron chi connectivity index (χ4n) is 2.68. The van der Waals surface area contributed by atoms with Gasteiger partial charge in [-0.3, -0.25) is 9.59 Å². The Hall–Kier alpha value is -2.17. The fraction of sp³-hybridized carbons (Fsp3) is 0.412. The lowest BCUT2D eigenvalue weighted by molar-refractivity contribution is -0.128. The van der Waals surface area contributed by atoms with Gasteiger partial charge in [-0.1, -0.05) is 26.0 Å². The predicted octanol–water partition coefficient (Wildman–Crippen LogP) is 2.98. The average molecular weight is 305 g/mol. The average Bonchev–Trinajstić information content (AvgIpc) is 2.65. The van der Waals surface area contributed by atoms with Gasteiger partial charge in [-0.25, -0.2) is 4.39 Å². The highest BCUT2D eigenvalue weighted by molar-refractivity contribution is 6.26. The van der Waals surface area contributed by atoms with E-state index in [0.29, 0.717) is 6.42 Å². The Labute approximate surface area is 129 Å². The molecule has 1 aromatic rings. The number of ketones is 1. The van der Waals surface area contributed by atoms with E-state index in [-0.39, 0.29) is 35.4 Å². The van der Waals surface area contributed by atoms with Crippen LogP contribution in [0.25, 0.3) is 0 Å². The van der Waals surface area contributed by atoms with E-state index < -0.39 is 11.9 Å². The van der Waals surface area contributed by atoms with Crippen molar-refractivity contribution in [2.45, 2.75) is 39.8 Å². The Balaban J connectivity index is 2.32. The van der Waals surface area contributed by atoms with Gasteiger partial charge in [-0.15, -0.1) is 0 Å². The van der Waals surface area contributed by atoms with Crippen LogP contribution in [0.1, 0.15) is 32.8 Å². The fourth-order valence-corrected chi connectivity index (χ4v) is 2.68. The quantitative estimate of drug-likeness (QED) is 0.528. The number of aliphatic hydroxyl groups is 1. The first-order valence-electron chi connectivity index (χ1n) is 7.30. The third-order valence-corrected chi connectivity index (χ3v) is 3.72. The third-order valence-electron chi connectivity index (χ3n) is 3.72. The number of benzene rings is 1. The van der Waals surface area contributed by atoms with Gasteiger partial charge in [0.05, 0.1) is 6.04 Å². The molecule has 0 bridgehead atoms. The van der Waals surface area contributed by atoms with Crippen LogP contribution in [0.15, 0.2) is 35.6 Å². The van der Waals surface area contributed by atoms with Crippen LogP contribution in [0.3, 0.4) is 0 Å². The van der Waals surface area contributed by atoms with Crippen molar-refractivity contribution in [3.8, 4) is 0 Å². The number of aliphatic hydroxyl groups excluding tert-OH is 1. The highest BCUT2D eigenvalue weighted by Gasteiger charge is 2.44. The summed E-state index contributed by atoms with van der Waals surface area (Å²) in [5.41, 5.74) is 0.612. The zero-order chi connectivity index (χ0) is 16.4. The molecule has 0 saturated carbocycles. The molecule has 0 spiro atoms. The number of hydrogen-bond acceptors (Lipinski definition) is 3.